The van der Waals surface area contributed by atoms with E-state index in [1.807, 2.05) is 0 Å². The number of fused-ring (bicyclic) bond motifs is 1. The lowest BCUT2D eigenvalue weighted by molar-refractivity contribution is -0.122. The van der Waals surface area contributed by atoms with Crippen LogP contribution in [0.1, 0.15) is 49.0 Å². The van der Waals surface area contributed by atoms with Gasteiger partial charge in [-0.3, -0.25) is 25.2 Å². The van der Waals surface area contributed by atoms with Crippen LogP contribution in [-0.4, -0.2) is 21.6 Å². The fourth-order valence-electron chi connectivity index (χ4n) is 3.35. The summed E-state index contributed by atoms with van der Waals surface area (Å²) < 4.78 is 1.12. The fraction of sp³-hybridized carbons (Fsp3) is 0.444. The lowest BCUT2D eigenvalue weighted by Crippen LogP contribution is -2.42. The number of hydrazine groups is 1. The van der Waals surface area contributed by atoms with Crippen molar-refractivity contribution in [1.82, 2.24) is 20.6 Å². The Labute approximate surface area is 145 Å². The van der Waals surface area contributed by atoms with Gasteiger partial charge in [0.25, 0.3) is 11.5 Å². The van der Waals surface area contributed by atoms with Gasteiger partial charge in [0.1, 0.15) is 0 Å². The number of nitrogens with one attached hydrogen (secondary N) is 2. The van der Waals surface area contributed by atoms with E-state index in [2.05, 4.69) is 16.0 Å². The summed E-state index contributed by atoms with van der Waals surface area (Å²) in [6.45, 7) is 0. The van der Waals surface area contributed by atoms with Crippen molar-refractivity contribution in [3.63, 3.8) is 0 Å². The molecule has 0 unspecified atom stereocenters. The Morgan fingerprint density at radius 3 is 2.56 bits per heavy atom. The maximum absolute atomic E-state index is 12.4. The van der Waals surface area contributed by atoms with Crippen LogP contribution in [0.4, 0.5) is 0 Å². The number of rotatable bonds is 4. The monoisotopic (exact) mass is 342 g/mol. The minimum Gasteiger partial charge on any atom is -0.273 e. The number of amides is 2. The quantitative estimate of drug-likeness (QED) is 0.827. The number of carbonyl (C=O) groups is 2. The summed E-state index contributed by atoms with van der Waals surface area (Å²) >= 11 is 0. The van der Waals surface area contributed by atoms with E-state index in [0.717, 1.165) is 11.1 Å². The number of carbonyl (C=O) groups excluding carboxylic acids is 2. The highest BCUT2D eigenvalue weighted by Gasteiger charge is 2.18. The molecule has 1 aromatic carbocycles. The van der Waals surface area contributed by atoms with Crippen molar-refractivity contribution in [1.29, 1.82) is 0 Å². The maximum Gasteiger partial charge on any atom is 0.290 e. The second-order valence-corrected chi connectivity index (χ2v) is 6.51. The van der Waals surface area contributed by atoms with Crippen molar-refractivity contribution in [2.45, 2.75) is 38.5 Å². The highest BCUT2D eigenvalue weighted by atomic mass is 16.2. The summed E-state index contributed by atoms with van der Waals surface area (Å²) in [6.07, 6.45) is 6.11. The third-order valence-electron chi connectivity index (χ3n) is 4.74. The standard InChI is InChI=1S/C18H22N4O3/c1-22-18(25)14-9-5-4-8-13(14)16(21-22)17(24)20-19-15(23)11-10-12-6-2-3-7-12/h4-5,8-9,12H,2-3,6-7,10-11H2,1H3,(H,19,23)(H,20,24). The first-order chi connectivity index (χ1) is 12.1. The van der Waals surface area contributed by atoms with Gasteiger partial charge in [0.05, 0.1) is 5.39 Å². The first kappa shape index (κ1) is 17.1. The normalized spacial score (nSPS) is 14.6. The van der Waals surface area contributed by atoms with Gasteiger partial charge in [-0.2, -0.15) is 5.10 Å². The molecule has 1 aromatic heterocycles. The molecule has 1 heterocycles. The predicted octanol–water partition coefficient (Wildman–Crippen LogP) is 1.66. The molecule has 1 aliphatic rings. The van der Waals surface area contributed by atoms with E-state index in [0.29, 0.717) is 23.1 Å². The molecule has 25 heavy (non-hydrogen) atoms. The zero-order valence-electron chi connectivity index (χ0n) is 14.2. The number of hydrogen-bond acceptors (Lipinski definition) is 4. The Morgan fingerprint density at radius 2 is 1.84 bits per heavy atom. The van der Waals surface area contributed by atoms with Gasteiger partial charge < -0.3 is 0 Å². The van der Waals surface area contributed by atoms with Crippen LogP contribution in [0.3, 0.4) is 0 Å². The summed E-state index contributed by atoms with van der Waals surface area (Å²) in [6, 6.07) is 6.79. The number of benzene rings is 1. The zero-order valence-corrected chi connectivity index (χ0v) is 14.2. The van der Waals surface area contributed by atoms with Crippen molar-refractivity contribution in [2.75, 3.05) is 0 Å². The van der Waals surface area contributed by atoms with Gasteiger partial charge in [0.15, 0.2) is 5.69 Å². The van der Waals surface area contributed by atoms with E-state index in [-0.39, 0.29) is 17.2 Å². The molecule has 132 valence electrons. The van der Waals surface area contributed by atoms with Crippen LogP contribution in [0.15, 0.2) is 29.1 Å². The van der Waals surface area contributed by atoms with Crippen molar-refractivity contribution < 1.29 is 9.59 Å². The molecule has 2 aromatic rings. The van der Waals surface area contributed by atoms with Gasteiger partial charge in [-0.1, -0.05) is 43.9 Å². The van der Waals surface area contributed by atoms with E-state index in [9.17, 15) is 14.4 Å². The summed E-state index contributed by atoms with van der Waals surface area (Å²) in [4.78, 5) is 36.4. The van der Waals surface area contributed by atoms with Crippen LogP contribution in [-0.2, 0) is 11.8 Å². The molecule has 2 N–H and O–H groups in total. The summed E-state index contributed by atoms with van der Waals surface area (Å²) in [7, 11) is 1.49. The summed E-state index contributed by atoms with van der Waals surface area (Å²) in [5.41, 5.74) is 4.67. The lowest BCUT2D eigenvalue weighted by atomic mass is 10.0. The van der Waals surface area contributed by atoms with Crippen LogP contribution < -0.4 is 16.4 Å². The van der Waals surface area contributed by atoms with Crippen molar-refractivity contribution >= 4 is 22.6 Å². The molecule has 7 heteroatoms. The number of aromatic nitrogens is 2. The molecule has 0 spiro atoms. The van der Waals surface area contributed by atoms with Gasteiger partial charge in [0.2, 0.25) is 5.91 Å². The Bertz CT molecular complexity index is 853. The molecule has 0 radical (unpaired) electrons. The molecule has 0 bridgehead atoms. The van der Waals surface area contributed by atoms with E-state index in [4.69, 9.17) is 0 Å². The maximum atomic E-state index is 12.4. The van der Waals surface area contributed by atoms with E-state index in [1.165, 1.54) is 32.7 Å². The SMILES string of the molecule is Cn1nc(C(=O)NNC(=O)CCC2CCCC2)c2ccccc2c1=O. The molecule has 7 nitrogen and oxygen atoms in total. The molecule has 0 aliphatic heterocycles. The first-order valence-corrected chi connectivity index (χ1v) is 8.61. The number of aryl methyl sites for hydroxylation is 1. The highest BCUT2D eigenvalue weighted by Crippen LogP contribution is 2.28. The largest absolute Gasteiger partial charge is 0.290 e. The van der Waals surface area contributed by atoms with E-state index >= 15 is 0 Å². The summed E-state index contributed by atoms with van der Waals surface area (Å²) in [5.74, 6) is -0.133. The molecule has 1 aliphatic carbocycles. The number of nitrogens with zero attached hydrogens (tertiary/aromatic N) is 2. The number of hydrogen-bond donors (Lipinski definition) is 2. The predicted molar refractivity (Wildman–Crippen MR) is 93.8 cm³/mol. The molecule has 0 atom stereocenters. The summed E-state index contributed by atoms with van der Waals surface area (Å²) in [5, 5.41) is 4.90. The molecule has 1 saturated carbocycles. The molecule has 3 rings (SSSR count). The second kappa shape index (κ2) is 7.46. The first-order valence-electron chi connectivity index (χ1n) is 8.61. The zero-order chi connectivity index (χ0) is 17.8. The fourth-order valence-corrected chi connectivity index (χ4v) is 3.35. The molecule has 2 amide bonds. The molecule has 1 fully saturated rings. The Morgan fingerprint density at radius 1 is 1.16 bits per heavy atom. The van der Waals surface area contributed by atoms with Gasteiger partial charge in [-0.15, -0.1) is 0 Å². The van der Waals surface area contributed by atoms with E-state index < -0.39 is 5.91 Å². The average molecular weight is 342 g/mol. The third-order valence-corrected chi connectivity index (χ3v) is 4.74. The van der Waals surface area contributed by atoms with Crippen LogP contribution in [0, 0.1) is 5.92 Å². The van der Waals surface area contributed by atoms with Crippen molar-refractivity contribution in [2.24, 2.45) is 13.0 Å². The van der Waals surface area contributed by atoms with Gasteiger partial charge in [0, 0.05) is 18.9 Å². The van der Waals surface area contributed by atoms with Crippen LogP contribution in [0.25, 0.3) is 10.8 Å². The minimum atomic E-state index is -0.541. The van der Waals surface area contributed by atoms with Crippen molar-refractivity contribution in [3.8, 4) is 0 Å². The molecular formula is C18H22N4O3. The van der Waals surface area contributed by atoms with Crippen LogP contribution in [0.5, 0.6) is 0 Å². The van der Waals surface area contributed by atoms with Crippen LogP contribution >= 0.6 is 0 Å². The third kappa shape index (κ3) is 3.87. The van der Waals surface area contributed by atoms with Gasteiger partial charge in [-0.05, 0) is 18.4 Å². The average Bonchev–Trinajstić information content (AvgIpc) is 3.14. The van der Waals surface area contributed by atoms with Gasteiger partial charge >= 0.3 is 0 Å². The second-order valence-electron chi connectivity index (χ2n) is 6.51. The van der Waals surface area contributed by atoms with E-state index in [1.54, 1.807) is 24.3 Å². The van der Waals surface area contributed by atoms with Crippen molar-refractivity contribution in [3.05, 3.63) is 40.3 Å². The lowest BCUT2D eigenvalue weighted by Gasteiger charge is -2.11. The Kier molecular flexibility index (Phi) is 5.11. The molecular weight excluding hydrogens is 320 g/mol. The Hall–Kier alpha value is -2.70. The van der Waals surface area contributed by atoms with Gasteiger partial charge in [-0.25, -0.2) is 4.68 Å². The van der Waals surface area contributed by atoms with Crippen LogP contribution in [0.2, 0.25) is 0 Å². The smallest absolute Gasteiger partial charge is 0.273 e. The topological polar surface area (TPSA) is 93.1 Å². The Balaban J connectivity index is 1.65. The highest BCUT2D eigenvalue weighted by molar-refractivity contribution is 6.05. The minimum absolute atomic E-state index is 0.105. The molecule has 0 saturated heterocycles.